The van der Waals surface area contributed by atoms with Gasteiger partial charge in [-0.1, -0.05) is 12.1 Å². The summed E-state index contributed by atoms with van der Waals surface area (Å²) in [5.74, 6) is 0.366. The van der Waals surface area contributed by atoms with Crippen molar-refractivity contribution in [3.63, 3.8) is 0 Å². The number of benzene rings is 1. The Kier molecular flexibility index (Phi) is 2.59. The van der Waals surface area contributed by atoms with Gasteiger partial charge in [0.05, 0.1) is 10.9 Å². The summed E-state index contributed by atoms with van der Waals surface area (Å²) >= 11 is 0. The lowest BCUT2D eigenvalue weighted by Crippen LogP contribution is -2.29. The molecule has 0 unspecified atom stereocenters. The van der Waals surface area contributed by atoms with Gasteiger partial charge < -0.3 is 10.3 Å². The van der Waals surface area contributed by atoms with Gasteiger partial charge in [-0.05, 0) is 30.9 Å². The van der Waals surface area contributed by atoms with E-state index in [4.69, 9.17) is 0 Å². The molecule has 2 N–H and O–H groups in total. The van der Waals surface area contributed by atoms with Crippen molar-refractivity contribution in [3.8, 4) is 0 Å². The van der Waals surface area contributed by atoms with Gasteiger partial charge in [-0.3, -0.25) is 9.59 Å². The Morgan fingerprint density at radius 3 is 2.94 bits per heavy atom. The predicted molar refractivity (Wildman–Crippen MR) is 67.4 cm³/mol. The lowest BCUT2D eigenvalue weighted by atomic mass is 10.2. The van der Waals surface area contributed by atoms with Gasteiger partial charge in [-0.25, -0.2) is 4.98 Å². The van der Waals surface area contributed by atoms with Crippen LogP contribution in [0.25, 0.3) is 10.9 Å². The number of rotatable bonds is 3. The van der Waals surface area contributed by atoms with Crippen molar-refractivity contribution in [1.29, 1.82) is 0 Å². The number of hydrogen-bond acceptors (Lipinski definition) is 3. The fraction of sp³-hybridized carbons (Fsp3) is 0.308. The first kappa shape index (κ1) is 11.0. The second-order valence-electron chi connectivity index (χ2n) is 4.59. The molecule has 2 aromatic rings. The number of carbonyl (C=O) groups is 1. The maximum Gasteiger partial charge on any atom is 0.287 e. The number of hydrogen-bond donors (Lipinski definition) is 2. The molecule has 3 rings (SSSR count). The molecule has 18 heavy (non-hydrogen) atoms. The fourth-order valence-electron chi connectivity index (χ4n) is 1.84. The van der Waals surface area contributed by atoms with E-state index in [1.807, 2.05) is 0 Å². The maximum absolute atomic E-state index is 11.8. The van der Waals surface area contributed by atoms with E-state index in [9.17, 15) is 9.59 Å². The summed E-state index contributed by atoms with van der Waals surface area (Å²) < 4.78 is 0. The van der Waals surface area contributed by atoms with Crippen molar-refractivity contribution in [1.82, 2.24) is 15.3 Å². The first-order valence-electron chi connectivity index (χ1n) is 6.01. The predicted octanol–water partition coefficient (Wildman–Crippen LogP) is 1.06. The Balaban J connectivity index is 1.91. The van der Waals surface area contributed by atoms with E-state index in [0.29, 0.717) is 23.4 Å². The summed E-state index contributed by atoms with van der Waals surface area (Å²) in [6, 6.07) is 6.97. The smallest absolute Gasteiger partial charge is 0.287 e. The first-order chi connectivity index (χ1) is 8.74. The van der Waals surface area contributed by atoms with E-state index in [-0.39, 0.29) is 17.3 Å². The quantitative estimate of drug-likeness (QED) is 0.846. The standard InChI is InChI=1S/C13H13N3O2/c17-12-9-3-1-2-4-10(9)15-11(16-12)13(18)14-7-8-5-6-8/h1-4,8H,5-7H2,(H,14,18)(H,15,16,17). The molecule has 92 valence electrons. The molecule has 5 nitrogen and oxygen atoms in total. The molecule has 1 fully saturated rings. The Labute approximate surface area is 103 Å². The topological polar surface area (TPSA) is 74.8 Å². The lowest BCUT2D eigenvalue weighted by Gasteiger charge is -2.04. The summed E-state index contributed by atoms with van der Waals surface area (Å²) in [6.07, 6.45) is 2.34. The molecule has 0 saturated heterocycles. The van der Waals surface area contributed by atoms with E-state index in [1.54, 1.807) is 24.3 Å². The number of carbonyl (C=O) groups excluding carboxylic acids is 1. The molecule has 1 aromatic carbocycles. The van der Waals surface area contributed by atoms with Gasteiger partial charge in [0.25, 0.3) is 11.5 Å². The third kappa shape index (κ3) is 2.11. The van der Waals surface area contributed by atoms with Crippen molar-refractivity contribution in [2.75, 3.05) is 6.54 Å². The number of aromatic nitrogens is 2. The Hall–Kier alpha value is -2.17. The van der Waals surface area contributed by atoms with Crippen LogP contribution in [-0.2, 0) is 0 Å². The van der Waals surface area contributed by atoms with Crippen molar-refractivity contribution in [2.24, 2.45) is 5.92 Å². The van der Waals surface area contributed by atoms with Crippen LogP contribution in [-0.4, -0.2) is 22.4 Å². The van der Waals surface area contributed by atoms with Crippen LogP contribution in [0.1, 0.15) is 23.5 Å². The number of amides is 1. The average Bonchev–Trinajstić information content (AvgIpc) is 3.20. The van der Waals surface area contributed by atoms with Crippen molar-refractivity contribution in [3.05, 3.63) is 40.4 Å². The molecule has 1 amide bonds. The van der Waals surface area contributed by atoms with Crippen LogP contribution in [0.15, 0.2) is 29.1 Å². The van der Waals surface area contributed by atoms with Crippen LogP contribution < -0.4 is 10.9 Å². The van der Waals surface area contributed by atoms with Crippen LogP contribution in [0.4, 0.5) is 0 Å². The van der Waals surface area contributed by atoms with Crippen molar-refractivity contribution in [2.45, 2.75) is 12.8 Å². The first-order valence-corrected chi connectivity index (χ1v) is 6.01. The van der Waals surface area contributed by atoms with Crippen LogP contribution in [0.2, 0.25) is 0 Å². The zero-order valence-electron chi connectivity index (χ0n) is 9.77. The fourth-order valence-corrected chi connectivity index (χ4v) is 1.84. The maximum atomic E-state index is 11.8. The minimum atomic E-state index is -0.315. The summed E-state index contributed by atoms with van der Waals surface area (Å²) in [5.41, 5.74) is 0.259. The lowest BCUT2D eigenvalue weighted by molar-refractivity contribution is 0.0941. The zero-order valence-corrected chi connectivity index (χ0v) is 9.77. The highest BCUT2D eigenvalue weighted by Crippen LogP contribution is 2.27. The minimum Gasteiger partial charge on any atom is -0.349 e. The second-order valence-corrected chi connectivity index (χ2v) is 4.59. The highest BCUT2D eigenvalue weighted by Gasteiger charge is 2.22. The third-order valence-electron chi connectivity index (χ3n) is 3.08. The highest BCUT2D eigenvalue weighted by atomic mass is 16.2. The molecule has 1 heterocycles. The SMILES string of the molecule is O=C(NCC1CC1)c1nc2ccccc2c(=O)[nH]1. The van der Waals surface area contributed by atoms with Gasteiger partial charge in [0.1, 0.15) is 0 Å². The third-order valence-corrected chi connectivity index (χ3v) is 3.08. The van der Waals surface area contributed by atoms with E-state index < -0.39 is 0 Å². The Morgan fingerprint density at radius 1 is 1.39 bits per heavy atom. The summed E-state index contributed by atoms with van der Waals surface area (Å²) in [4.78, 5) is 30.3. The van der Waals surface area contributed by atoms with E-state index in [2.05, 4.69) is 15.3 Å². The Morgan fingerprint density at radius 2 is 2.17 bits per heavy atom. The van der Waals surface area contributed by atoms with Gasteiger partial charge in [0, 0.05) is 6.54 Å². The zero-order chi connectivity index (χ0) is 12.5. The molecule has 1 saturated carbocycles. The van der Waals surface area contributed by atoms with E-state index in [0.717, 1.165) is 0 Å². The van der Waals surface area contributed by atoms with E-state index >= 15 is 0 Å². The summed E-state index contributed by atoms with van der Waals surface area (Å²) in [7, 11) is 0. The van der Waals surface area contributed by atoms with Crippen LogP contribution >= 0.6 is 0 Å². The molecule has 1 aromatic heterocycles. The largest absolute Gasteiger partial charge is 0.349 e. The number of nitrogens with zero attached hydrogens (tertiary/aromatic N) is 1. The van der Waals surface area contributed by atoms with E-state index in [1.165, 1.54) is 12.8 Å². The molecule has 0 bridgehead atoms. The van der Waals surface area contributed by atoms with Crippen LogP contribution in [0, 0.1) is 5.92 Å². The highest BCUT2D eigenvalue weighted by molar-refractivity contribution is 5.92. The molecule has 1 aliphatic rings. The molecule has 5 heteroatoms. The van der Waals surface area contributed by atoms with Crippen molar-refractivity contribution >= 4 is 16.8 Å². The minimum absolute atomic E-state index is 0.0827. The molecule has 1 aliphatic carbocycles. The Bertz CT molecular complexity index is 659. The van der Waals surface area contributed by atoms with Crippen LogP contribution in [0.3, 0.4) is 0 Å². The summed E-state index contributed by atoms with van der Waals surface area (Å²) in [5, 5.41) is 3.28. The van der Waals surface area contributed by atoms with Gasteiger partial charge in [-0.15, -0.1) is 0 Å². The number of para-hydroxylation sites is 1. The van der Waals surface area contributed by atoms with Gasteiger partial charge in [0.2, 0.25) is 0 Å². The molecule has 0 radical (unpaired) electrons. The normalized spacial score (nSPS) is 14.7. The van der Waals surface area contributed by atoms with Crippen LogP contribution in [0.5, 0.6) is 0 Å². The summed E-state index contributed by atoms with van der Waals surface area (Å²) in [6.45, 7) is 0.662. The molecule has 0 spiro atoms. The molecular weight excluding hydrogens is 230 g/mol. The molecular formula is C13H13N3O2. The van der Waals surface area contributed by atoms with Gasteiger partial charge in [-0.2, -0.15) is 0 Å². The van der Waals surface area contributed by atoms with Gasteiger partial charge >= 0.3 is 0 Å². The number of aromatic amines is 1. The monoisotopic (exact) mass is 243 g/mol. The average molecular weight is 243 g/mol. The molecule has 0 atom stereocenters. The molecule has 0 aliphatic heterocycles. The number of H-pyrrole nitrogens is 1. The number of fused-ring (bicyclic) bond motifs is 1. The second kappa shape index (κ2) is 4.25. The van der Waals surface area contributed by atoms with Gasteiger partial charge in [0.15, 0.2) is 5.82 Å². The number of nitrogens with one attached hydrogen (secondary N) is 2. The van der Waals surface area contributed by atoms with Crippen molar-refractivity contribution < 1.29 is 4.79 Å².